The molecule has 15 heavy (non-hydrogen) atoms. The van der Waals surface area contributed by atoms with Gasteiger partial charge in [0.05, 0.1) is 12.8 Å². The molecule has 0 fully saturated rings. The maximum atomic E-state index is 11.1. The first-order valence-corrected chi connectivity index (χ1v) is 6.18. The third kappa shape index (κ3) is 2.66. The van der Waals surface area contributed by atoms with Crippen molar-refractivity contribution in [3.63, 3.8) is 0 Å². The van der Waals surface area contributed by atoms with Crippen LogP contribution >= 0.6 is 10.7 Å². The van der Waals surface area contributed by atoms with Crippen LogP contribution in [0, 0.1) is 6.92 Å². The van der Waals surface area contributed by atoms with Crippen LogP contribution in [0.4, 0.5) is 0 Å². The minimum absolute atomic E-state index is 0.0408. The smallest absolute Gasteiger partial charge is 0.356 e. The highest BCUT2D eigenvalue weighted by Crippen LogP contribution is 2.18. The van der Waals surface area contributed by atoms with Gasteiger partial charge in [-0.2, -0.15) is 0 Å². The summed E-state index contributed by atoms with van der Waals surface area (Å²) in [5.41, 5.74) is 0.201. The third-order valence-electron chi connectivity index (χ3n) is 1.69. The highest BCUT2D eigenvalue weighted by molar-refractivity contribution is 8.13. The normalized spacial score (nSPS) is 11.1. The van der Waals surface area contributed by atoms with Gasteiger partial charge in [-0.15, -0.1) is 0 Å². The Morgan fingerprint density at radius 3 is 2.47 bits per heavy atom. The second kappa shape index (κ2) is 4.16. The first-order chi connectivity index (χ1) is 6.86. The summed E-state index contributed by atoms with van der Waals surface area (Å²) in [6.45, 7) is 1.45. The molecule has 0 amide bonds. The van der Waals surface area contributed by atoms with Gasteiger partial charge in [-0.05, 0) is 19.1 Å². The van der Waals surface area contributed by atoms with E-state index >= 15 is 0 Å². The fourth-order valence-corrected chi connectivity index (χ4v) is 2.14. The number of pyridine rings is 1. The Labute approximate surface area is 91.5 Å². The summed E-state index contributed by atoms with van der Waals surface area (Å²) < 4.78 is 26.5. The van der Waals surface area contributed by atoms with Crippen molar-refractivity contribution in [1.29, 1.82) is 0 Å². The van der Waals surface area contributed by atoms with Crippen LogP contribution < -0.4 is 0 Å². The van der Waals surface area contributed by atoms with E-state index in [4.69, 9.17) is 10.7 Å². The van der Waals surface area contributed by atoms with Gasteiger partial charge in [-0.3, -0.25) is 0 Å². The molecule has 82 valence electrons. The summed E-state index contributed by atoms with van der Waals surface area (Å²) in [5, 5.41) is 0. The minimum Gasteiger partial charge on any atom is -0.464 e. The Bertz CT molecular complexity index is 497. The zero-order chi connectivity index (χ0) is 11.6. The number of rotatable bonds is 2. The second-order valence-electron chi connectivity index (χ2n) is 2.71. The predicted molar refractivity (Wildman–Crippen MR) is 53.4 cm³/mol. The van der Waals surface area contributed by atoms with E-state index in [1.807, 2.05) is 0 Å². The number of esters is 1. The Morgan fingerprint density at radius 2 is 2.07 bits per heavy atom. The first-order valence-electron chi connectivity index (χ1n) is 3.87. The fourth-order valence-electron chi connectivity index (χ4n) is 1.02. The van der Waals surface area contributed by atoms with Crippen molar-refractivity contribution in [3.8, 4) is 0 Å². The molecule has 1 heterocycles. The molecule has 0 unspecified atom stereocenters. The van der Waals surface area contributed by atoms with Gasteiger partial charge in [0, 0.05) is 10.7 Å². The number of nitrogens with zero attached hydrogens (tertiary/aromatic N) is 1. The van der Waals surface area contributed by atoms with Crippen LogP contribution in [-0.2, 0) is 13.8 Å². The van der Waals surface area contributed by atoms with Crippen molar-refractivity contribution < 1.29 is 17.9 Å². The largest absolute Gasteiger partial charge is 0.464 e. The van der Waals surface area contributed by atoms with E-state index < -0.39 is 15.0 Å². The average Bonchev–Trinajstić information content (AvgIpc) is 2.14. The standard InChI is InChI=1S/C8H8ClNO4S/c1-5-7(15(9,12)13)4-3-6(10-5)8(11)14-2/h3-4H,1-2H3. The third-order valence-corrected chi connectivity index (χ3v) is 3.15. The topological polar surface area (TPSA) is 73.3 Å². The van der Waals surface area contributed by atoms with Crippen LogP contribution in [0.5, 0.6) is 0 Å². The Kier molecular flexibility index (Phi) is 3.31. The summed E-state index contributed by atoms with van der Waals surface area (Å²) >= 11 is 0. The molecule has 0 saturated heterocycles. The van der Waals surface area contributed by atoms with E-state index in [-0.39, 0.29) is 16.3 Å². The fraction of sp³-hybridized carbons (Fsp3) is 0.250. The zero-order valence-electron chi connectivity index (χ0n) is 8.02. The molecule has 0 aliphatic rings. The molecule has 7 heteroatoms. The van der Waals surface area contributed by atoms with Gasteiger partial charge >= 0.3 is 5.97 Å². The maximum absolute atomic E-state index is 11.1. The summed E-state index contributed by atoms with van der Waals surface area (Å²) in [7, 11) is 2.53. The van der Waals surface area contributed by atoms with E-state index in [1.54, 1.807) is 0 Å². The van der Waals surface area contributed by atoms with Crippen molar-refractivity contribution in [2.45, 2.75) is 11.8 Å². The van der Waals surface area contributed by atoms with E-state index in [0.717, 1.165) is 0 Å². The Morgan fingerprint density at radius 1 is 1.47 bits per heavy atom. The number of carbonyl (C=O) groups is 1. The molecule has 1 rings (SSSR count). The van der Waals surface area contributed by atoms with Gasteiger partial charge in [-0.25, -0.2) is 18.2 Å². The summed E-state index contributed by atoms with van der Waals surface area (Å²) in [6.07, 6.45) is 0. The van der Waals surface area contributed by atoms with Crippen molar-refractivity contribution in [2.24, 2.45) is 0 Å². The molecule has 0 spiro atoms. The number of aromatic nitrogens is 1. The molecule has 0 atom stereocenters. The molecule has 0 aliphatic heterocycles. The van der Waals surface area contributed by atoms with Crippen molar-refractivity contribution >= 4 is 25.7 Å². The van der Waals surface area contributed by atoms with Gasteiger partial charge in [0.25, 0.3) is 9.05 Å². The molecular weight excluding hydrogens is 242 g/mol. The molecule has 1 aromatic heterocycles. The lowest BCUT2D eigenvalue weighted by molar-refractivity contribution is 0.0593. The average molecular weight is 250 g/mol. The summed E-state index contributed by atoms with van der Waals surface area (Å²) in [5.74, 6) is -0.628. The molecular formula is C8H8ClNO4S. The number of halogens is 1. The maximum Gasteiger partial charge on any atom is 0.356 e. The minimum atomic E-state index is -3.83. The van der Waals surface area contributed by atoms with Crippen molar-refractivity contribution in [2.75, 3.05) is 7.11 Å². The highest BCUT2D eigenvalue weighted by Gasteiger charge is 2.16. The number of carbonyl (C=O) groups excluding carboxylic acids is 1. The van der Waals surface area contributed by atoms with Crippen LogP contribution in [0.25, 0.3) is 0 Å². The molecule has 0 aromatic carbocycles. The SMILES string of the molecule is COC(=O)c1ccc(S(=O)(=O)Cl)c(C)n1. The molecule has 5 nitrogen and oxygen atoms in total. The van der Waals surface area contributed by atoms with E-state index in [9.17, 15) is 13.2 Å². The predicted octanol–water partition coefficient (Wildman–Crippen LogP) is 1.10. The van der Waals surface area contributed by atoms with Gasteiger partial charge in [-0.1, -0.05) is 0 Å². The van der Waals surface area contributed by atoms with Crippen LogP contribution in [0.15, 0.2) is 17.0 Å². The molecule has 0 aliphatic carbocycles. The van der Waals surface area contributed by atoms with Crippen LogP contribution in [0.3, 0.4) is 0 Å². The molecule has 0 N–H and O–H groups in total. The number of hydrogen-bond donors (Lipinski definition) is 0. The first kappa shape index (κ1) is 11.9. The number of methoxy groups -OCH3 is 1. The van der Waals surface area contributed by atoms with Gasteiger partial charge < -0.3 is 4.74 Å². The number of ether oxygens (including phenoxy) is 1. The lowest BCUT2D eigenvalue weighted by atomic mass is 10.3. The van der Waals surface area contributed by atoms with E-state index in [1.165, 1.54) is 26.2 Å². The van der Waals surface area contributed by atoms with Crippen molar-refractivity contribution in [3.05, 3.63) is 23.5 Å². The Balaban J connectivity index is 3.27. The zero-order valence-corrected chi connectivity index (χ0v) is 9.59. The second-order valence-corrected chi connectivity index (χ2v) is 5.24. The van der Waals surface area contributed by atoms with Crippen LogP contribution in [-0.4, -0.2) is 26.5 Å². The monoisotopic (exact) mass is 249 g/mol. The van der Waals surface area contributed by atoms with Gasteiger partial charge in [0.1, 0.15) is 10.6 Å². The number of hydrogen-bond acceptors (Lipinski definition) is 5. The lowest BCUT2D eigenvalue weighted by Gasteiger charge is -2.03. The van der Waals surface area contributed by atoms with Crippen molar-refractivity contribution in [1.82, 2.24) is 4.98 Å². The molecule has 0 bridgehead atoms. The van der Waals surface area contributed by atoms with Gasteiger partial charge in [0.15, 0.2) is 0 Å². The molecule has 1 aromatic rings. The quantitative estimate of drug-likeness (QED) is 0.580. The summed E-state index contributed by atoms with van der Waals surface area (Å²) in [6, 6.07) is 2.46. The number of aryl methyl sites for hydroxylation is 1. The van der Waals surface area contributed by atoms with Crippen LogP contribution in [0.2, 0.25) is 0 Å². The van der Waals surface area contributed by atoms with E-state index in [2.05, 4.69) is 9.72 Å². The van der Waals surface area contributed by atoms with Crippen LogP contribution in [0.1, 0.15) is 16.2 Å². The molecule has 0 radical (unpaired) electrons. The molecule has 0 saturated carbocycles. The highest BCUT2D eigenvalue weighted by atomic mass is 35.7. The Hall–Kier alpha value is -1.14. The lowest BCUT2D eigenvalue weighted by Crippen LogP contribution is -2.07. The van der Waals surface area contributed by atoms with Gasteiger partial charge in [0.2, 0.25) is 0 Å². The summed E-state index contributed by atoms with van der Waals surface area (Å²) in [4.78, 5) is 14.7. The van der Waals surface area contributed by atoms with E-state index in [0.29, 0.717) is 0 Å².